The third-order valence-electron chi connectivity index (χ3n) is 4.82. The van der Waals surface area contributed by atoms with Crippen LogP contribution >= 0.6 is 11.3 Å². The summed E-state index contributed by atoms with van der Waals surface area (Å²) in [6.07, 6.45) is 10.8. The van der Waals surface area contributed by atoms with Crippen LogP contribution in [0.2, 0.25) is 0 Å². The lowest BCUT2D eigenvalue weighted by Gasteiger charge is -2.22. The summed E-state index contributed by atoms with van der Waals surface area (Å²) in [5.74, 6) is -0.410. The molecule has 0 radical (unpaired) electrons. The highest BCUT2D eigenvalue weighted by atomic mass is 32.1. The van der Waals surface area contributed by atoms with E-state index in [0.29, 0.717) is 17.0 Å². The Labute approximate surface area is 164 Å². The number of esters is 1. The molecule has 2 aromatic rings. The number of hydrogen-bond donors (Lipinski definition) is 1. The van der Waals surface area contributed by atoms with Crippen LogP contribution in [0, 0.1) is 0 Å². The van der Waals surface area contributed by atoms with Gasteiger partial charge >= 0.3 is 5.97 Å². The molecule has 3 rings (SSSR count). The molecule has 1 N–H and O–H groups in total. The van der Waals surface area contributed by atoms with Crippen LogP contribution in [0.4, 0.5) is 5.00 Å². The number of anilines is 1. The molecule has 0 bridgehead atoms. The first-order valence-corrected chi connectivity index (χ1v) is 10.6. The van der Waals surface area contributed by atoms with E-state index in [1.807, 2.05) is 24.4 Å². The van der Waals surface area contributed by atoms with E-state index < -0.39 is 0 Å². The predicted octanol–water partition coefficient (Wildman–Crippen LogP) is 5.43. The molecular weight excluding hydrogens is 360 g/mol. The normalized spacial score (nSPS) is 14.7. The number of rotatable bonds is 7. The monoisotopic (exact) mass is 386 g/mol. The van der Waals surface area contributed by atoms with Gasteiger partial charge in [0.25, 0.3) is 0 Å². The highest BCUT2D eigenvalue weighted by molar-refractivity contribution is 7.15. The van der Waals surface area contributed by atoms with E-state index in [4.69, 9.17) is 4.74 Å². The summed E-state index contributed by atoms with van der Waals surface area (Å²) in [5, 5.41) is 5.39. The van der Waals surface area contributed by atoms with Crippen LogP contribution in [-0.2, 0) is 9.53 Å². The summed E-state index contributed by atoms with van der Waals surface area (Å²) in [4.78, 5) is 29.3. The molecule has 1 fully saturated rings. The van der Waals surface area contributed by atoms with E-state index in [9.17, 15) is 9.59 Å². The number of ether oxygens (including phenoxy) is 1. The maximum atomic E-state index is 13.0. The maximum absolute atomic E-state index is 13.0. The molecule has 0 aliphatic heterocycles. The quantitative estimate of drug-likeness (QED) is 0.644. The topological polar surface area (TPSA) is 68.3 Å². The average molecular weight is 387 g/mol. The molecule has 1 amide bonds. The van der Waals surface area contributed by atoms with Crippen LogP contribution in [0.5, 0.6) is 0 Å². The van der Waals surface area contributed by atoms with Crippen molar-refractivity contribution < 1.29 is 14.3 Å². The first kappa shape index (κ1) is 19.5. The fourth-order valence-electron chi connectivity index (χ4n) is 3.32. The van der Waals surface area contributed by atoms with Gasteiger partial charge in [-0.3, -0.25) is 9.78 Å². The van der Waals surface area contributed by atoms with E-state index in [2.05, 4.69) is 10.3 Å². The van der Waals surface area contributed by atoms with Crippen LogP contribution in [-0.4, -0.2) is 23.0 Å². The Bertz CT molecular complexity index is 767. The van der Waals surface area contributed by atoms with E-state index in [0.717, 1.165) is 49.7 Å². The molecule has 5 nitrogen and oxygen atoms in total. The van der Waals surface area contributed by atoms with Gasteiger partial charge in [0.05, 0.1) is 0 Å². The van der Waals surface area contributed by atoms with E-state index in [-0.39, 0.29) is 18.0 Å². The lowest BCUT2D eigenvalue weighted by molar-refractivity contribution is -0.116. The first-order valence-electron chi connectivity index (χ1n) is 9.71. The Kier molecular flexibility index (Phi) is 6.98. The Morgan fingerprint density at radius 1 is 1.22 bits per heavy atom. The van der Waals surface area contributed by atoms with E-state index >= 15 is 0 Å². The van der Waals surface area contributed by atoms with E-state index in [1.165, 1.54) is 17.8 Å². The van der Waals surface area contributed by atoms with Crippen molar-refractivity contribution in [3.05, 3.63) is 35.5 Å². The van der Waals surface area contributed by atoms with E-state index in [1.54, 1.807) is 12.4 Å². The zero-order valence-corrected chi connectivity index (χ0v) is 16.5. The van der Waals surface area contributed by atoms with Gasteiger partial charge in [0, 0.05) is 29.8 Å². The van der Waals surface area contributed by atoms with Gasteiger partial charge in [-0.15, -0.1) is 11.3 Å². The molecule has 0 saturated heterocycles. The smallest absolute Gasteiger partial charge is 0.342 e. The molecule has 6 heteroatoms. The maximum Gasteiger partial charge on any atom is 0.342 e. The van der Waals surface area contributed by atoms with Gasteiger partial charge in [0.2, 0.25) is 5.91 Å². The summed E-state index contributed by atoms with van der Waals surface area (Å²) in [6, 6.07) is 3.73. The Balaban J connectivity index is 1.85. The highest BCUT2D eigenvalue weighted by Crippen LogP contribution is 2.37. The van der Waals surface area contributed by atoms with Gasteiger partial charge in [-0.2, -0.15) is 0 Å². The zero-order chi connectivity index (χ0) is 19.1. The van der Waals surface area contributed by atoms with Crippen molar-refractivity contribution in [1.29, 1.82) is 0 Å². The van der Waals surface area contributed by atoms with Gasteiger partial charge in [-0.1, -0.05) is 19.8 Å². The van der Waals surface area contributed by atoms with Crippen molar-refractivity contribution in [2.75, 3.05) is 5.32 Å². The fraction of sp³-hybridized carbons (Fsp3) is 0.476. The fourth-order valence-corrected chi connectivity index (χ4v) is 4.29. The second-order valence-corrected chi connectivity index (χ2v) is 7.79. The summed E-state index contributed by atoms with van der Waals surface area (Å²) < 4.78 is 5.80. The van der Waals surface area contributed by atoms with Gasteiger partial charge in [-0.25, -0.2) is 4.79 Å². The molecule has 144 valence electrons. The number of nitrogens with zero attached hydrogens (tertiary/aromatic N) is 1. The second kappa shape index (κ2) is 9.65. The van der Waals surface area contributed by atoms with Gasteiger partial charge < -0.3 is 10.1 Å². The molecule has 1 saturated carbocycles. The molecular formula is C21H26N2O3S. The minimum Gasteiger partial charge on any atom is -0.459 e. The SMILES string of the molecule is CCCCC(=O)Nc1scc(-c2ccncc2)c1C(=O)OC1CCCCC1. The second-order valence-electron chi connectivity index (χ2n) is 6.91. The predicted molar refractivity (Wildman–Crippen MR) is 108 cm³/mol. The number of nitrogens with one attached hydrogen (secondary N) is 1. The molecule has 27 heavy (non-hydrogen) atoms. The lowest BCUT2D eigenvalue weighted by Crippen LogP contribution is -2.22. The molecule has 2 aromatic heterocycles. The number of carbonyl (C=O) groups is 2. The summed E-state index contributed by atoms with van der Waals surface area (Å²) in [5.41, 5.74) is 2.14. The standard InChI is InChI=1S/C21H26N2O3S/c1-2-3-9-18(24)23-20-19(21(25)26-16-7-5-4-6-8-16)17(14-27-20)15-10-12-22-13-11-15/h10-14,16H,2-9H2,1H3,(H,23,24). The average Bonchev–Trinajstić information content (AvgIpc) is 3.11. The van der Waals surface area contributed by atoms with Crippen molar-refractivity contribution in [1.82, 2.24) is 4.98 Å². The number of pyridine rings is 1. The minimum absolute atomic E-state index is 0.0277. The van der Waals surface area contributed by atoms with Gasteiger partial charge in [0.15, 0.2) is 0 Å². The largest absolute Gasteiger partial charge is 0.459 e. The molecule has 2 heterocycles. The Hall–Kier alpha value is -2.21. The van der Waals surface area contributed by atoms with Crippen molar-refractivity contribution in [2.24, 2.45) is 0 Å². The van der Waals surface area contributed by atoms with Crippen molar-refractivity contribution >= 4 is 28.2 Å². The number of carbonyl (C=O) groups excluding carboxylic acids is 2. The number of aromatic nitrogens is 1. The molecule has 1 aliphatic rings. The van der Waals surface area contributed by atoms with Gasteiger partial charge in [-0.05, 0) is 49.8 Å². The number of unbranched alkanes of at least 4 members (excludes halogenated alkanes) is 1. The highest BCUT2D eigenvalue weighted by Gasteiger charge is 2.26. The van der Waals surface area contributed by atoms with Crippen LogP contribution < -0.4 is 5.32 Å². The van der Waals surface area contributed by atoms with Gasteiger partial charge in [0.1, 0.15) is 16.7 Å². The van der Waals surface area contributed by atoms with Crippen molar-refractivity contribution in [3.8, 4) is 11.1 Å². The Morgan fingerprint density at radius 3 is 2.67 bits per heavy atom. The first-order chi connectivity index (χ1) is 13.2. The third-order valence-corrected chi connectivity index (χ3v) is 5.72. The summed E-state index contributed by atoms with van der Waals surface area (Å²) in [6.45, 7) is 2.05. The minimum atomic E-state index is -0.347. The molecule has 0 aromatic carbocycles. The number of hydrogen-bond acceptors (Lipinski definition) is 5. The molecule has 0 atom stereocenters. The summed E-state index contributed by atoms with van der Waals surface area (Å²) in [7, 11) is 0. The third kappa shape index (κ3) is 5.16. The lowest BCUT2D eigenvalue weighted by atomic mass is 9.97. The molecule has 0 unspecified atom stereocenters. The zero-order valence-electron chi connectivity index (χ0n) is 15.7. The number of amides is 1. The molecule has 0 spiro atoms. The number of thiophene rings is 1. The molecule has 1 aliphatic carbocycles. The van der Waals surface area contributed by atoms with Crippen LogP contribution in [0.1, 0.15) is 68.6 Å². The van der Waals surface area contributed by atoms with Crippen LogP contribution in [0.15, 0.2) is 29.9 Å². The Morgan fingerprint density at radius 2 is 1.96 bits per heavy atom. The summed E-state index contributed by atoms with van der Waals surface area (Å²) >= 11 is 1.37. The van der Waals surface area contributed by atoms with Crippen molar-refractivity contribution in [2.45, 2.75) is 64.4 Å². The van der Waals surface area contributed by atoms with Crippen molar-refractivity contribution in [3.63, 3.8) is 0 Å². The van der Waals surface area contributed by atoms with Crippen LogP contribution in [0.3, 0.4) is 0 Å². The van der Waals surface area contributed by atoms with Crippen LogP contribution in [0.25, 0.3) is 11.1 Å².